The minimum Gasteiger partial charge on any atom is -0.357 e. The fourth-order valence-corrected chi connectivity index (χ4v) is 3.44. The van der Waals surface area contributed by atoms with Crippen molar-refractivity contribution in [2.75, 3.05) is 62.7 Å². The number of nitrogens with zero attached hydrogens (tertiary/aromatic N) is 5. The minimum atomic E-state index is 0.178. The summed E-state index contributed by atoms with van der Waals surface area (Å²) in [4.78, 5) is 29.7. The van der Waals surface area contributed by atoms with E-state index in [1.807, 2.05) is 29.7 Å². The van der Waals surface area contributed by atoms with Crippen LogP contribution in [0, 0.1) is 0 Å². The molecule has 0 aromatic carbocycles. The van der Waals surface area contributed by atoms with Gasteiger partial charge in [0.05, 0.1) is 0 Å². The number of anilines is 1. The molecule has 1 aromatic rings. The number of piperazine rings is 1. The van der Waals surface area contributed by atoms with Crippen LogP contribution < -0.4 is 15.5 Å². The highest BCUT2D eigenvalue weighted by Crippen LogP contribution is 2.10. The number of amides is 1. The lowest BCUT2D eigenvalue weighted by atomic mass is 10.3. The molecule has 2 rings (SSSR count). The first-order valence-electron chi connectivity index (χ1n) is 10.1. The van der Waals surface area contributed by atoms with Crippen LogP contribution in [0.4, 0.5) is 5.95 Å². The third kappa shape index (κ3) is 7.92. The zero-order valence-electron chi connectivity index (χ0n) is 17.1. The smallest absolute Gasteiger partial charge is 0.225 e. The van der Waals surface area contributed by atoms with Crippen LogP contribution in [0.25, 0.3) is 0 Å². The zero-order valence-corrected chi connectivity index (χ0v) is 17.9. The second-order valence-corrected chi connectivity index (χ2v) is 7.54. The number of aromatic nitrogens is 2. The fraction of sp³-hybridized carbons (Fsp3) is 0.684. The first kappa shape index (κ1) is 22.3. The highest BCUT2D eigenvalue weighted by Gasteiger charge is 2.22. The maximum Gasteiger partial charge on any atom is 0.225 e. The Hall–Kier alpha value is -2.03. The van der Waals surface area contributed by atoms with Gasteiger partial charge in [0.25, 0.3) is 0 Å². The monoisotopic (exact) mass is 407 g/mol. The number of guanidine groups is 1. The maximum atomic E-state index is 12.5. The van der Waals surface area contributed by atoms with Crippen molar-refractivity contribution in [3.63, 3.8) is 0 Å². The molecule has 8 nitrogen and oxygen atoms in total. The molecule has 0 spiro atoms. The Morgan fingerprint density at radius 2 is 1.93 bits per heavy atom. The van der Waals surface area contributed by atoms with Crippen molar-refractivity contribution in [2.45, 2.75) is 26.2 Å². The molecule has 0 bridgehead atoms. The van der Waals surface area contributed by atoms with Gasteiger partial charge in [-0.2, -0.15) is 11.8 Å². The maximum absolute atomic E-state index is 12.5. The lowest BCUT2D eigenvalue weighted by molar-refractivity contribution is -0.131. The van der Waals surface area contributed by atoms with Gasteiger partial charge in [-0.15, -0.1) is 0 Å². The molecule has 2 heterocycles. The Balaban J connectivity index is 1.67. The first-order valence-corrected chi connectivity index (χ1v) is 11.4. The van der Waals surface area contributed by atoms with Gasteiger partial charge in [-0.1, -0.05) is 0 Å². The molecule has 1 aliphatic rings. The van der Waals surface area contributed by atoms with Crippen molar-refractivity contribution < 1.29 is 4.79 Å². The summed E-state index contributed by atoms with van der Waals surface area (Å²) < 4.78 is 0. The second kappa shape index (κ2) is 13.2. The molecule has 0 aliphatic carbocycles. The van der Waals surface area contributed by atoms with Crippen LogP contribution >= 0.6 is 11.8 Å². The van der Waals surface area contributed by atoms with Crippen LogP contribution in [0.5, 0.6) is 0 Å². The van der Waals surface area contributed by atoms with Gasteiger partial charge in [0.1, 0.15) is 0 Å². The number of thioether (sulfide) groups is 1. The SMILES string of the molecule is CCNC(=NCCCCSC)NCCC(=O)N1CCN(c2ncccn2)CC1. The average Bonchev–Trinajstić information content (AvgIpc) is 2.74. The van der Waals surface area contributed by atoms with E-state index in [9.17, 15) is 4.79 Å². The van der Waals surface area contributed by atoms with Crippen molar-refractivity contribution >= 4 is 29.6 Å². The average molecular weight is 408 g/mol. The molecule has 1 fully saturated rings. The van der Waals surface area contributed by atoms with E-state index in [1.54, 1.807) is 12.4 Å². The van der Waals surface area contributed by atoms with Gasteiger partial charge in [-0.05, 0) is 37.8 Å². The summed E-state index contributed by atoms with van der Waals surface area (Å²) >= 11 is 1.87. The molecule has 1 aliphatic heterocycles. The van der Waals surface area contributed by atoms with E-state index in [4.69, 9.17) is 0 Å². The number of nitrogens with one attached hydrogen (secondary N) is 2. The third-order valence-corrected chi connectivity index (χ3v) is 5.17. The standard InChI is InChI=1S/C19H33N7OS/c1-3-20-18(21-8-4-5-16-28-2)22-11-7-17(27)25-12-14-26(15-13-25)19-23-9-6-10-24-19/h6,9-10H,3-5,7-8,11-16H2,1-2H3,(H2,20,21,22). The predicted molar refractivity (Wildman–Crippen MR) is 117 cm³/mol. The summed E-state index contributed by atoms with van der Waals surface area (Å²) in [6.45, 7) is 7.22. The lowest BCUT2D eigenvalue weighted by Crippen LogP contribution is -2.50. The van der Waals surface area contributed by atoms with Crippen LogP contribution in [0.15, 0.2) is 23.5 Å². The van der Waals surface area contributed by atoms with E-state index in [0.717, 1.165) is 44.5 Å². The fourth-order valence-electron chi connectivity index (χ4n) is 2.95. The Labute approximate surface area is 172 Å². The van der Waals surface area contributed by atoms with E-state index < -0.39 is 0 Å². The number of rotatable bonds is 10. The van der Waals surface area contributed by atoms with Crippen LogP contribution in [-0.2, 0) is 4.79 Å². The molecular weight excluding hydrogens is 374 g/mol. The summed E-state index contributed by atoms with van der Waals surface area (Å²) in [5, 5.41) is 6.51. The Bertz CT molecular complexity index is 591. The quantitative estimate of drug-likeness (QED) is 0.343. The van der Waals surface area contributed by atoms with Gasteiger partial charge in [0.15, 0.2) is 5.96 Å². The summed E-state index contributed by atoms with van der Waals surface area (Å²) in [5.74, 6) is 2.89. The van der Waals surface area contributed by atoms with Gasteiger partial charge in [-0.3, -0.25) is 9.79 Å². The van der Waals surface area contributed by atoms with Crippen molar-refractivity contribution in [1.29, 1.82) is 0 Å². The number of aliphatic imine (C=N–C) groups is 1. The highest BCUT2D eigenvalue weighted by molar-refractivity contribution is 7.98. The van der Waals surface area contributed by atoms with E-state index in [1.165, 1.54) is 12.2 Å². The van der Waals surface area contributed by atoms with E-state index >= 15 is 0 Å². The molecule has 0 saturated carbocycles. The van der Waals surface area contributed by atoms with E-state index in [2.05, 4.69) is 36.7 Å². The molecule has 2 N–H and O–H groups in total. The first-order chi connectivity index (χ1) is 13.7. The molecule has 9 heteroatoms. The van der Waals surface area contributed by atoms with Gasteiger partial charge >= 0.3 is 0 Å². The molecule has 1 amide bonds. The highest BCUT2D eigenvalue weighted by atomic mass is 32.2. The Kier molecular flexibility index (Phi) is 10.5. The van der Waals surface area contributed by atoms with Crippen molar-refractivity contribution in [2.24, 2.45) is 4.99 Å². The number of unbranched alkanes of at least 4 members (excludes halogenated alkanes) is 1. The summed E-state index contributed by atoms with van der Waals surface area (Å²) in [7, 11) is 0. The molecule has 1 aromatic heterocycles. The van der Waals surface area contributed by atoms with Crippen molar-refractivity contribution in [3.05, 3.63) is 18.5 Å². The lowest BCUT2D eigenvalue weighted by Gasteiger charge is -2.34. The van der Waals surface area contributed by atoms with Gasteiger partial charge in [0, 0.05) is 64.6 Å². The van der Waals surface area contributed by atoms with Crippen molar-refractivity contribution in [3.8, 4) is 0 Å². The minimum absolute atomic E-state index is 0.178. The van der Waals surface area contributed by atoms with Crippen LogP contribution in [0.3, 0.4) is 0 Å². The van der Waals surface area contributed by atoms with Crippen LogP contribution in [-0.4, -0.2) is 84.6 Å². The zero-order chi connectivity index (χ0) is 20.0. The molecule has 1 saturated heterocycles. The normalized spacial score (nSPS) is 14.9. The number of carbonyl (C=O) groups excluding carboxylic acids is 1. The Morgan fingerprint density at radius 1 is 1.18 bits per heavy atom. The Morgan fingerprint density at radius 3 is 2.61 bits per heavy atom. The largest absolute Gasteiger partial charge is 0.357 e. The number of hydrogen-bond donors (Lipinski definition) is 2. The number of hydrogen-bond acceptors (Lipinski definition) is 6. The molecule has 0 unspecified atom stereocenters. The van der Waals surface area contributed by atoms with Crippen LogP contribution in [0.1, 0.15) is 26.2 Å². The van der Waals surface area contributed by atoms with E-state index in [-0.39, 0.29) is 5.91 Å². The summed E-state index contributed by atoms with van der Waals surface area (Å²) in [6.07, 6.45) is 8.36. The summed E-state index contributed by atoms with van der Waals surface area (Å²) in [5.41, 5.74) is 0. The molecule has 0 atom stereocenters. The topological polar surface area (TPSA) is 85.8 Å². The van der Waals surface area contributed by atoms with Gasteiger partial charge in [0.2, 0.25) is 11.9 Å². The molecular formula is C19H33N7OS. The molecule has 28 heavy (non-hydrogen) atoms. The third-order valence-electron chi connectivity index (χ3n) is 4.47. The van der Waals surface area contributed by atoms with Gasteiger partial charge in [-0.25, -0.2) is 9.97 Å². The predicted octanol–water partition coefficient (Wildman–Crippen LogP) is 1.21. The van der Waals surface area contributed by atoms with Crippen molar-refractivity contribution in [1.82, 2.24) is 25.5 Å². The molecule has 156 valence electrons. The van der Waals surface area contributed by atoms with Crippen LogP contribution in [0.2, 0.25) is 0 Å². The van der Waals surface area contributed by atoms with E-state index in [0.29, 0.717) is 26.1 Å². The second-order valence-electron chi connectivity index (χ2n) is 6.55. The molecule has 0 radical (unpaired) electrons. The number of carbonyl (C=O) groups is 1. The van der Waals surface area contributed by atoms with Gasteiger partial charge < -0.3 is 20.4 Å². The summed E-state index contributed by atoms with van der Waals surface area (Å²) in [6, 6.07) is 1.81.